The summed E-state index contributed by atoms with van der Waals surface area (Å²) < 4.78 is 0. The zero-order chi connectivity index (χ0) is 23.2. The molecule has 1 saturated heterocycles. The molecule has 1 fully saturated rings. The Morgan fingerprint density at radius 2 is 1.52 bits per heavy atom. The van der Waals surface area contributed by atoms with E-state index in [-0.39, 0.29) is 42.4 Å². The summed E-state index contributed by atoms with van der Waals surface area (Å²) in [4.78, 5) is 39.4. The summed E-state index contributed by atoms with van der Waals surface area (Å²) in [5.41, 5.74) is 2.72. The van der Waals surface area contributed by atoms with Gasteiger partial charge in [0.25, 0.3) is 0 Å². The highest BCUT2D eigenvalue weighted by Gasteiger charge is 2.40. The predicted octanol–water partition coefficient (Wildman–Crippen LogP) is 4.97. The van der Waals surface area contributed by atoms with Gasteiger partial charge in [0.1, 0.15) is 0 Å². The van der Waals surface area contributed by atoms with Gasteiger partial charge in [0.05, 0.1) is 11.0 Å². The molecule has 0 aliphatic carbocycles. The highest BCUT2D eigenvalue weighted by atomic mass is 35.5. The number of rotatable bonds is 8. The number of hydrogen-bond acceptors (Lipinski definition) is 4. The van der Waals surface area contributed by atoms with Crippen LogP contribution in [0.25, 0.3) is 0 Å². The maximum absolute atomic E-state index is 13.1. The van der Waals surface area contributed by atoms with Crippen molar-refractivity contribution in [2.45, 2.75) is 17.6 Å². The van der Waals surface area contributed by atoms with Crippen LogP contribution < -0.4 is 5.32 Å². The van der Waals surface area contributed by atoms with E-state index >= 15 is 0 Å². The van der Waals surface area contributed by atoms with Crippen LogP contribution in [0.2, 0.25) is 5.02 Å². The van der Waals surface area contributed by atoms with E-state index in [4.69, 9.17) is 11.6 Å². The lowest BCUT2D eigenvalue weighted by atomic mass is 9.91. The van der Waals surface area contributed by atoms with E-state index < -0.39 is 5.25 Å². The van der Waals surface area contributed by atoms with Crippen molar-refractivity contribution in [3.63, 3.8) is 0 Å². The number of nitrogens with one attached hydrogen (secondary N) is 1. The van der Waals surface area contributed by atoms with Gasteiger partial charge in [0.2, 0.25) is 17.7 Å². The van der Waals surface area contributed by atoms with Crippen LogP contribution in [-0.2, 0) is 14.4 Å². The third-order valence-corrected chi connectivity index (χ3v) is 6.97. The maximum atomic E-state index is 13.1. The van der Waals surface area contributed by atoms with Crippen molar-refractivity contribution in [2.24, 2.45) is 0 Å². The first kappa shape index (κ1) is 23.1. The number of carbonyl (C=O) groups excluding carboxylic acids is 3. The molecule has 3 aromatic rings. The Kier molecular flexibility index (Phi) is 7.47. The minimum Gasteiger partial charge on any atom is -0.325 e. The van der Waals surface area contributed by atoms with Gasteiger partial charge in [0, 0.05) is 29.6 Å². The molecule has 1 atom stereocenters. The molecule has 33 heavy (non-hydrogen) atoms. The molecule has 7 heteroatoms. The highest BCUT2D eigenvalue weighted by Crippen LogP contribution is 2.31. The summed E-state index contributed by atoms with van der Waals surface area (Å²) in [6.07, 6.45) is 0.105. The molecule has 1 aliphatic heterocycles. The molecule has 0 saturated carbocycles. The largest absolute Gasteiger partial charge is 0.325 e. The first-order valence-corrected chi connectivity index (χ1v) is 12.0. The number of benzene rings is 3. The topological polar surface area (TPSA) is 66.5 Å². The molecule has 0 radical (unpaired) electrons. The summed E-state index contributed by atoms with van der Waals surface area (Å²) in [7, 11) is 0. The highest BCUT2D eigenvalue weighted by molar-refractivity contribution is 8.01. The van der Waals surface area contributed by atoms with Crippen molar-refractivity contribution in [2.75, 3.05) is 17.6 Å². The van der Waals surface area contributed by atoms with Gasteiger partial charge in [-0.25, -0.2) is 0 Å². The predicted molar refractivity (Wildman–Crippen MR) is 132 cm³/mol. The number of imide groups is 1. The number of thioether (sulfide) groups is 1. The second kappa shape index (κ2) is 10.7. The Labute approximate surface area is 202 Å². The van der Waals surface area contributed by atoms with Crippen LogP contribution in [0.1, 0.15) is 23.5 Å². The second-order valence-corrected chi connectivity index (χ2v) is 9.40. The molecular weight excluding hydrogens is 456 g/mol. The van der Waals surface area contributed by atoms with Gasteiger partial charge in [-0.05, 0) is 35.4 Å². The fourth-order valence-corrected chi connectivity index (χ4v) is 4.92. The van der Waals surface area contributed by atoms with E-state index in [1.165, 1.54) is 16.7 Å². The third kappa shape index (κ3) is 5.83. The lowest BCUT2D eigenvalue weighted by molar-refractivity contribution is -0.138. The van der Waals surface area contributed by atoms with E-state index in [0.29, 0.717) is 10.7 Å². The minimum atomic E-state index is -0.555. The fourth-order valence-electron chi connectivity index (χ4n) is 3.84. The van der Waals surface area contributed by atoms with Gasteiger partial charge in [-0.15, -0.1) is 11.8 Å². The van der Waals surface area contributed by atoms with Crippen molar-refractivity contribution < 1.29 is 14.4 Å². The summed E-state index contributed by atoms with van der Waals surface area (Å²) >= 11 is 7.06. The Balaban J connectivity index is 1.40. The van der Waals surface area contributed by atoms with E-state index in [1.807, 2.05) is 60.7 Å². The van der Waals surface area contributed by atoms with Crippen LogP contribution in [-0.4, -0.2) is 40.2 Å². The molecule has 1 heterocycles. The van der Waals surface area contributed by atoms with Gasteiger partial charge in [-0.2, -0.15) is 0 Å². The summed E-state index contributed by atoms with van der Waals surface area (Å²) in [6, 6.07) is 26.6. The zero-order valence-corrected chi connectivity index (χ0v) is 19.4. The molecule has 168 valence electrons. The summed E-state index contributed by atoms with van der Waals surface area (Å²) in [5, 5.41) is 2.81. The number of nitrogens with zero attached hydrogens (tertiary/aromatic N) is 1. The van der Waals surface area contributed by atoms with Gasteiger partial charge in [-0.1, -0.05) is 72.3 Å². The van der Waals surface area contributed by atoms with Gasteiger partial charge in [0.15, 0.2) is 0 Å². The lowest BCUT2D eigenvalue weighted by Crippen LogP contribution is -2.35. The van der Waals surface area contributed by atoms with E-state index in [2.05, 4.69) is 5.32 Å². The van der Waals surface area contributed by atoms with Crippen LogP contribution in [0.3, 0.4) is 0 Å². The lowest BCUT2D eigenvalue weighted by Gasteiger charge is -2.24. The molecule has 3 aromatic carbocycles. The number of anilines is 1. The van der Waals surface area contributed by atoms with E-state index in [0.717, 1.165) is 11.1 Å². The van der Waals surface area contributed by atoms with Crippen molar-refractivity contribution in [1.82, 2.24) is 4.90 Å². The first-order chi connectivity index (χ1) is 16.0. The quantitative estimate of drug-likeness (QED) is 0.464. The van der Waals surface area contributed by atoms with Gasteiger partial charge >= 0.3 is 0 Å². The molecule has 0 bridgehead atoms. The van der Waals surface area contributed by atoms with Crippen molar-refractivity contribution >= 4 is 46.8 Å². The van der Waals surface area contributed by atoms with Crippen LogP contribution in [0.15, 0.2) is 84.9 Å². The Hall–Kier alpha value is -3.09. The van der Waals surface area contributed by atoms with Crippen LogP contribution in [0.5, 0.6) is 0 Å². The number of carbonyl (C=O) groups is 3. The SMILES string of the molecule is O=C(CS[C@H]1CC(=O)N(CC(c2ccccc2)c2ccccc2)C1=O)Nc1ccc(Cl)cc1. The Bertz CT molecular complexity index is 1080. The average molecular weight is 479 g/mol. The average Bonchev–Trinajstić information content (AvgIpc) is 3.11. The van der Waals surface area contributed by atoms with Crippen LogP contribution >= 0.6 is 23.4 Å². The molecule has 1 N–H and O–H groups in total. The standard InChI is InChI=1S/C26H23ClN2O3S/c27-20-11-13-21(14-12-20)28-24(30)17-33-23-15-25(31)29(26(23)32)16-22(18-7-3-1-4-8-18)19-9-5-2-6-10-19/h1-14,22-23H,15-17H2,(H,28,30)/t23-/m0/s1. The first-order valence-electron chi connectivity index (χ1n) is 10.6. The van der Waals surface area contributed by atoms with Crippen molar-refractivity contribution in [3.8, 4) is 0 Å². The van der Waals surface area contributed by atoms with Crippen LogP contribution in [0.4, 0.5) is 5.69 Å². The van der Waals surface area contributed by atoms with Gasteiger partial charge in [-0.3, -0.25) is 19.3 Å². The molecule has 5 nitrogen and oxygen atoms in total. The summed E-state index contributed by atoms with van der Waals surface area (Å²) in [5.74, 6) is -0.695. The van der Waals surface area contributed by atoms with Crippen molar-refractivity contribution in [3.05, 3.63) is 101 Å². The molecule has 0 spiro atoms. The fraction of sp³-hybridized carbons (Fsp3) is 0.192. The molecule has 3 amide bonds. The monoisotopic (exact) mass is 478 g/mol. The molecule has 1 aliphatic rings. The summed E-state index contributed by atoms with van der Waals surface area (Å²) in [6.45, 7) is 0.278. The number of likely N-dealkylation sites (tertiary alicyclic amines) is 1. The molecule has 0 unspecified atom stereocenters. The smallest absolute Gasteiger partial charge is 0.242 e. The van der Waals surface area contributed by atoms with E-state index in [1.54, 1.807) is 24.3 Å². The third-order valence-electron chi connectivity index (χ3n) is 5.52. The van der Waals surface area contributed by atoms with Crippen molar-refractivity contribution in [1.29, 1.82) is 0 Å². The molecule has 0 aromatic heterocycles. The normalized spacial score (nSPS) is 15.8. The number of hydrogen-bond donors (Lipinski definition) is 1. The molecule has 4 rings (SSSR count). The maximum Gasteiger partial charge on any atom is 0.242 e. The second-order valence-electron chi connectivity index (χ2n) is 7.78. The Morgan fingerprint density at radius 1 is 0.939 bits per heavy atom. The van der Waals surface area contributed by atoms with E-state index in [9.17, 15) is 14.4 Å². The zero-order valence-electron chi connectivity index (χ0n) is 17.8. The number of amides is 3. The molecular formula is C26H23ClN2O3S. The minimum absolute atomic E-state index is 0.0843. The Morgan fingerprint density at radius 3 is 2.09 bits per heavy atom. The number of halogens is 1. The van der Waals surface area contributed by atoms with Gasteiger partial charge < -0.3 is 5.32 Å². The van der Waals surface area contributed by atoms with Crippen LogP contribution in [0, 0.1) is 0 Å².